The molecule has 0 N–H and O–H groups in total. The zero-order valence-electron chi connectivity index (χ0n) is 15.9. The molecule has 0 aromatic heterocycles. The fourth-order valence-corrected chi connectivity index (χ4v) is 3.37. The highest BCUT2D eigenvalue weighted by Crippen LogP contribution is 2.32. The average Bonchev–Trinajstić information content (AvgIpc) is 3.20. The van der Waals surface area contributed by atoms with Gasteiger partial charge in [0.05, 0.1) is 0 Å². The predicted octanol–water partition coefficient (Wildman–Crippen LogP) is 1.94. The highest BCUT2D eigenvalue weighted by Gasteiger charge is 2.27. The third-order valence-electron chi connectivity index (χ3n) is 4.82. The van der Waals surface area contributed by atoms with Crippen LogP contribution in [0.4, 0.5) is 0 Å². The molecule has 2 aromatic carbocycles. The van der Waals surface area contributed by atoms with Gasteiger partial charge in [0.15, 0.2) is 11.5 Å². The van der Waals surface area contributed by atoms with Gasteiger partial charge in [0.2, 0.25) is 6.79 Å². The fourth-order valence-electron chi connectivity index (χ4n) is 3.37. The van der Waals surface area contributed by atoms with Crippen LogP contribution >= 0.6 is 0 Å². The van der Waals surface area contributed by atoms with Gasteiger partial charge in [-0.1, -0.05) is 6.07 Å². The van der Waals surface area contributed by atoms with Gasteiger partial charge in [-0.2, -0.15) is 0 Å². The number of esters is 1. The number of carbonyl (C=O) groups is 3. The van der Waals surface area contributed by atoms with Gasteiger partial charge in [-0.3, -0.25) is 14.4 Å². The number of ether oxygens (including phenoxy) is 3. The van der Waals surface area contributed by atoms with Gasteiger partial charge in [-0.15, -0.1) is 0 Å². The van der Waals surface area contributed by atoms with E-state index in [9.17, 15) is 14.4 Å². The van der Waals surface area contributed by atoms with E-state index < -0.39 is 5.97 Å². The van der Waals surface area contributed by atoms with E-state index in [1.807, 2.05) is 0 Å². The van der Waals surface area contributed by atoms with Gasteiger partial charge < -0.3 is 24.0 Å². The normalized spacial score (nSPS) is 15.2. The third kappa shape index (κ3) is 4.01. The maximum Gasteiger partial charge on any atom is 0.308 e. The van der Waals surface area contributed by atoms with Crippen LogP contribution in [0.15, 0.2) is 42.5 Å². The SMILES string of the molecule is CC(=O)Oc1cccc(C(=O)N2CCN(C(=O)c3ccc4c(c3)OCO4)CC2)c1. The van der Waals surface area contributed by atoms with Crippen LogP contribution in [0.2, 0.25) is 0 Å². The highest BCUT2D eigenvalue weighted by atomic mass is 16.7. The van der Waals surface area contributed by atoms with Crippen LogP contribution in [0.5, 0.6) is 17.2 Å². The molecule has 0 radical (unpaired) electrons. The number of hydrogen-bond acceptors (Lipinski definition) is 6. The van der Waals surface area contributed by atoms with E-state index in [1.54, 1.807) is 52.3 Å². The summed E-state index contributed by atoms with van der Waals surface area (Å²) in [5, 5.41) is 0. The molecule has 8 nitrogen and oxygen atoms in total. The van der Waals surface area contributed by atoms with Crippen molar-refractivity contribution >= 4 is 17.8 Å². The number of fused-ring (bicyclic) bond motifs is 1. The van der Waals surface area contributed by atoms with E-state index in [4.69, 9.17) is 14.2 Å². The summed E-state index contributed by atoms with van der Waals surface area (Å²) >= 11 is 0. The molecule has 0 aliphatic carbocycles. The van der Waals surface area contributed by atoms with Gasteiger partial charge in [0, 0.05) is 44.2 Å². The van der Waals surface area contributed by atoms with Crippen molar-refractivity contribution in [3.05, 3.63) is 53.6 Å². The Bertz CT molecular complexity index is 965. The van der Waals surface area contributed by atoms with Gasteiger partial charge in [0.1, 0.15) is 5.75 Å². The molecule has 0 unspecified atom stereocenters. The van der Waals surface area contributed by atoms with Crippen LogP contribution in [0.3, 0.4) is 0 Å². The second-order valence-corrected chi connectivity index (χ2v) is 6.77. The summed E-state index contributed by atoms with van der Waals surface area (Å²) in [6, 6.07) is 11.7. The van der Waals surface area contributed by atoms with Gasteiger partial charge in [0.25, 0.3) is 11.8 Å². The monoisotopic (exact) mass is 396 g/mol. The van der Waals surface area contributed by atoms with Crippen molar-refractivity contribution in [3.63, 3.8) is 0 Å². The van der Waals surface area contributed by atoms with E-state index in [0.717, 1.165) is 0 Å². The van der Waals surface area contributed by atoms with Crippen LogP contribution in [-0.4, -0.2) is 60.6 Å². The minimum absolute atomic E-state index is 0.104. The van der Waals surface area contributed by atoms with Crippen LogP contribution in [0.1, 0.15) is 27.6 Å². The van der Waals surface area contributed by atoms with Crippen LogP contribution in [-0.2, 0) is 4.79 Å². The molecule has 2 aliphatic heterocycles. The summed E-state index contributed by atoms with van der Waals surface area (Å²) in [7, 11) is 0. The Hall–Kier alpha value is -3.55. The Balaban J connectivity index is 1.38. The number of piperazine rings is 1. The zero-order chi connectivity index (χ0) is 20.4. The molecule has 0 spiro atoms. The molecule has 8 heteroatoms. The molecular formula is C21H20N2O6. The molecule has 0 saturated carbocycles. The van der Waals surface area contributed by atoms with Gasteiger partial charge in [-0.05, 0) is 36.4 Å². The molecule has 2 amide bonds. The topological polar surface area (TPSA) is 85.4 Å². The molecule has 0 bridgehead atoms. The molecule has 0 atom stereocenters. The smallest absolute Gasteiger partial charge is 0.308 e. The first-order chi connectivity index (χ1) is 14.0. The Labute approximate surface area is 167 Å². The number of amides is 2. The number of rotatable bonds is 3. The molecule has 2 aromatic rings. The summed E-state index contributed by atoms with van der Waals surface area (Å²) < 4.78 is 15.6. The molecule has 29 heavy (non-hydrogen) atoms. The standard InChI is InChI=1S/C21H20N2O6/c1-14(24)29-17-4-2-3-15(11-17)20(25)22-7-9-23(10-8-22)21(26)16-5-6-18-19(12-16)28-13-27-18/h2-6,11-12H,7-10,13H2,1H3. The fraction of sp³-hybridized carbons (Fsp3) is 0.286. The lowest BCUT2D eigenvalue weighted by molar-refractivity contribution is -0.131. The second kappa shape index (κ2) is 7.83. The first kappa shape index (κ1) is 18.8. The number of carbonyl (C=O) groups excluding carboxylic acids is 3. The minimum Gasteiger partial charge on any atom is -0.454 e. The Morgan fingerprint density at radius 3 is 2.10 bits per heavy atom. The number of benzene rings is 2. The molecular weight excluding hydrogens is 376 g/mol. The summed E-state index contributed by atoms with van der Waals surface area (Å²) in [6.07, 6.45) is 0. The third-order valence-corrected chi connectivity index (χ3v) is 4.82. The van der Waals surface area contributed by atoms with Crippen molar-refractivity contribution < 1.29 is 28.6 Å². The maximum atomic E-state index is 12.8. The first-order valence-corrected chi connectivity index (χ1v) is 9.28. The van der Waals surface area contributed by atoms with Crippen molar-refractivity contribution in [3.8, 4) is 17.2 Å². The molecule has 1 saturated heterocycles. The van der Waals surface area contributed by atoms with Crippen molar-refractivity contribution in [1.82, 2.24) is 9.80 Å². The summed E-state index contributed by atoms with van der Waals surface area (Å²) in [5.41, 5.74) is 0.974. The van der Waals surface area contributed by atoms with Crippen LogP contribution in [0, 0.1) is 0 Å². The molecule has 1 fully saturated rings. The first-order valence-electron chi connectivity index (χ1n) is 9.28. The van der Waals surface area contributed by atoms with E-state index in [1.165, 1.54) is 6.92 Å². The van der Waals surface area contributed by atoms with E-state index in [0.29, 0.717) is 54.6 Å². The molecule has 2 heterocycles. The van der Waals surface area contributed by atoms with Crippen LogP contribution < -0.4 is 14.2 Å². The summed E-state index contributed by atoms with van der Waals surface area (Å²) in [5.74, 6) is 0.830. The Morgan fingerprint density at radius 2 is 1.45 bits per heavy atom. The lowest BCUT2D eigenvalue weighted by Gasteiger charge is -2.35. The number of nitrogens with zero attached hydrogens (tertiary/aromatic N) is 2. The maximum absolute atomic E-state index is 12.8. The quantitative estimate of drug-likeness (QED) is 0.582. The second-order valence-electron chi connectivity index (χ2n) is 6.77. The Morgan fingerprint density at radius 1 is 0.828 bits per heavy atom. The molecule has 4 rings (SSSR count). The van der Waals surface area contributed by atoms with Crippen LogP contribution in [0.25, 0.3) is 0 Å². The summed E-state index contributed by atoms with van der Waals surface area (Å²) in [6.45, 7) is 3.18. The summed E-state index contributed by atoms with van der Waals surface area (Å²) in [4.78, 5) is 40.0. The van der Waals surface area contributed by atoms with E-state index in [-0.39, 0.29) is 18.6 Å². The van der Waals surface area contributed by atoms with Gasteiger partial charge in [-0.25, -0.2) is 0 Å². The molecule has 150 valence electrons. The van der Waals surface area contributed by atoms with Crippen molar-refractivity contribution in [2.45, 2.75) is 6.92 Å². The predicted molar refractivity (Wildman–Crippen MR) is 102 cm³/mol. The van der Waals surface area contributed by atoms with Crippen molar-refractivity contribution in [2.75, 3.05) is 33.0 Å². The lowest BCUT2D eigenvalue weighted by Crippen LogP contribution is -2.50. The average molecular weight is 396 g/mol. The van der Waals surface area contributed by atoms with E-state index in [2.05, 4.69) is 0 Å². The largest absolute Gasteiger partial charge is 0.454 e. The zero-order valence-corrected chi connectivity index (χ0v) is 15.9. The highest BCUT2D eigenvalue weighted by molar-refractivity contribution is 5.96. The van der Waals surface area contributed by atoms with E-state index >= 15 is 0 Å². The van der Waals surface area contributed by atoms with Crippen molar-refractivity contribution in [2.24, 2.45) is 0 Å². The lowest BCUT2D eigenvalue weighted by atomic mass is 10.1. The van der Waals surface area contributed by atoms with Crippen molar-refractivity contribution in [1.29, 1.82) is 0 Å². The van der Waals surface area contributed by atoms with Gasteiger partial charge >= 0.3 is 5.97 Å². The minimum atomic E-state index is -0.440. The molecule has 2 aliphatic rings. The number of hydrogen-bond donors (Lipinski definition) is 0. The Kier molecular flexibility index (Phi) is 5.07.